The summed E-state index contributed by atoms with van der Waals surface area (Å²) >= 11 is 12.0. The molecule has 0 amide bonds. The van der Waals surface area contributed by atoms with Gasteiger partial charge in [-0.25, -0.2) is 8.42 Å². The number of aryl methyl sites for hydroxylation is 1. The largest absolute Gasteiger partial charge is 0.484 e. The Kier molecular flexibility index (Phi) is 5.37. The summed E-state index contributed by atoms with van der Waals surface area (Å²) in [4.78, 5) is 12.6. The van der Waals surface area contributed by atoms with Crippen LogP contribution >= 0.6 is 23.2 Å². The van der Waals surface area contributed by atoms with Crippen molar-refractivity contribution in [1.82, 2.24) is 4.57 Å². The van der Waals surface area contributed by atoms with Gasteiger partial charge in [0.2, 0.25) is 5.78 Å². The fraction of sp³-hybridized carbons (Fsp3) is 0.389. The van der Waals surface area contributed by atoms with Crippen LogP contribution in [0.5, 0.6) is 5.75 Å². The number of ketones is 1. The van der Waals surface area contributed by atoms with Crippen molar-refractivity contribution in [1.29, 1.82) is 0 Å². The fourth-order valence-electron chi connectivity index (χ4n) is 3.41. The number of sulfone groups is 1. The second-order valence-corrected chi connectivity index (χ2v) is 9.57. The standard InChI is InChI=1S/C18H19Cl2NO4S/c1-11-7-15(12(2)21(11)14-5-6-26(23,24)10-14)17(22)9-25-18-8-13(19)3-4-16(18)20/h3-4,7-8,14H,5-6,9-10H2,1-2H3/t14-/m0/s1. The van der Waals surface area contributed by atoms with Gasteiger partial charge in [0.25, 0.3) is 0 Å². The van der Waals surface area contributed by atoms with E-state index in [1.54, 1.807) is 24.3 Å². The van der Waals surface area contributed by atoms with E-state index in [4.69, 9.17) is 27.9 Å². The van der Waals surface area contributed by atoms with Gasteiger partial charge in [-0.1, -0.05) is 23.2 Å². The third-order valence-corrected chi connectivity index (χ3v) is 6.91. The molecule has 3 rings (SSSR count). The Morgan fingerprint density at radius 3 is 2.65 bits per heavy atom. The average Bonchev–Trinajstić information content (AvgIpc) is 3.06. The molecular formula is C18H19Cl2NO4S. The summed E-state index contributed by atoms with van der Waals surface area (Å²) < 4.78 is 31.0. The van der Waals surface area contributed by atoms with E-state index in [0.717, 1.165) is 11.4 Å². The van der Waals surface area contributed by atoms with Crippen LogP contribution in [0.3, 0.4) is 0 Å². The summed E-state index contributed by atoms with van der Waals surface area (Å²) in [5, 5.41) is 0.848. The minimum Gasteiger partial charge on any atom is -0.484 e. The summed E-state index contributed by atoms with van der Waals surface area (Å²) in [6.07, 6.45) is 0.570. The van der Waals surface area contributed by atoms with E-state index in [1.165, 1.54) is 0 Å². The third kappa shape index (κ3) is 3.92. The Labute approximate surface area is 162 Å². The van der Waals surface area contributed by atoms with Gasteiger partial charge >= 0.3 is 0 Å². The molecule has 8 heteroatoms. The zero-order valence-electron chi connectivity index (χ0n) is 14.5. The Bertz CT molecular complexity index is 966. The van der Waals surface area contributed by atoms with Crippen molar-refractivity contribution in [2.45, 2.75) is 26.3 Å². The van der Waals surface area contributed by atoms with Crippen LogP contribution in [-0.2, 0) is 9.84 Å². The number of rotatable bonds is 5. The van der Waals surface area contributed by atoms with Crippen LogP contribution in [0.4, 0.5) is 0 Å². The van der Waals surface area contributed by atoms with Gasteiger partial charge in [0.05, 0.1) is 16.5 Å². The molecule has 26 heavy (non-hydrogen) atoms. The Hall–Kier alpha value is -1.50. The minimum atomic E-state index is -3.00. The molecule has 140 valence electrons. The molecule has 0 aliphatic carbocycles. The Morgan fingerprint density at radius 1 is 1.27 bits per heavy atom. The van der Waals surface area contributed by atoms with Crippen molar-refractivity contribution >= 4 is 38.8 Å². The third-order valence-electron chi connectivity index (χ3n) is 4.61. The summed E-state index contributed by atoms with van der Waals surface area (Å²) in [5.41, 5.74) is 2.16. The first kappa shape index (κ1) is 19.3. The van der Waals surface area contributed by atoms with Crippen LogP contribution in [0.25, 0.3) is 0 Å². The normalized spacial score (nSPS) is 18.8. The predicted molar refractivity (Wildman–Crippen MR) is 103 cm³/mol. The van der Waals surface area contributed by atoms with Crippen LogP contribution in [0.1, 0.15) is 34.2 Å². The number of carbonyl (C=O) groups excluding carboxylic acids is 1. The molecule has 2 heterocycles. The summed E-state index contributed by atoms with van der Waals surface area (Å²) in [5.74, 6) is 0.462. The molecule has 1 aromatic carbocycles. The van der Waals surface area contributed by atoms with Crippen LogP contribution in [0, 0.1) is 13.8 Å². The number of halogens is 2. The Morgan fingerprint density at radius 2 is 2.00 bits per heavy atom. The fourth-order valence-corrected chi connectivity index (χ4v) is 5.44. The molecule has 1 saturated heterocycles. The zero-order valence-corrected chi connectivity index (χ0v) is 16.8. The zero-order chi connectivity index (χ0) is 19.1. The molecule has 1 aromatic heterocycles. The van der Waals surface area contributed by atoms with E-state index in [0.29, 0.717) is 27.8 Å². The molecule has 2 aromatic rings. The monoisotopic (exact) mass is 415 g/mol. The second kappa shape index (κ2) is 7.25. The highest BCUT2D eigenvalue weighted by molar-refractivity contribution is 7.91. The maximum Gasteiger partial charge on any atom is 0.202 e. The molecule has 0 N–H and O–H groups in total. The van der Waals surface area contributed by atoms with Crippen molar-refractivity contribution in [2.24, 2.45) is 0 Å². The molecule has 1 atom stereocenters. The predicted octanol–water partition coefficient (Wildman–Crippen LogP) is 4.03. The van der Waals surface area contributed by atoms with Crippen LogP contribution in [0.2, 0.25) is 10.0 Å². The molecule has 0 unspecified atom stereocenters. The lowest BCUT2D eigenvalue weighted by molar-refractivity contribution is 0.0921. The molecule has 5 nitrogen and oxygen atoms in total. The van der Waals surface area contributed by atoms with Crippen molar-refractivity contribution in [3.05, 3.63) is 51.3 Å². The first-order valence-electron chi connectivity index (χ1n) is 8.18. The second-order valence-electron chi connectivity index (χ2n) is 6.50. The van der Waals surface area contributed by atoms with E-state index in [-0.39, 0.29) is 29.9 Å². The van der Waals surface area contributed by atoms with Crippen molar-refractivity contribution in [3.63, 3.8) is 0 Å². The van der Waals surface area contributed by atoms with E-state index in [9.17, 15) is 13.2 Å². The molecule has 1 aliphatic rings. The van der Waals surface area contributed by atoms with Gasteiger partial charge in [0.1, 0.15) is 5.75 Å². The van der Waals surface area contributed by atoms with Crippen molar-refractivity contribution < 1.29 is 17.9 Å². The molecule has 0 bridgehead atoms. The highest BCUT2D eigenvalue weighted by Gasteiger charge is 2.31. The topological polar surface area (TPSA) is 65.4 Å². The van der Waals surface area contributed by atoms with Crippen molar-refractivity contribution in [2.75, 3.05) is 18.1 Å². The highest BCUT2D eigenvalue weighted by Crippen LogP contribution is 2.30. The number of nitrogens with zero attached hydrogens (tertiary/aromatic N) is 1. The van der Waals surface area contributed by atoms with Crippen LogP contribution < -0.4 is 4.74 Å². The number of ether oxygens (including phenoxy) is 1. The van der Waals surface area contributed by atoms with Gasteiger partial charge in [-0.15, -0.1) is 0 Å². The van der Waals surface area contributed by atoms with Gasteiger partial charge in [0.15, 0.2) is 16.4 Å². The smallest absolute Gasteiger partial charge is 0.202 e. The average molecular weight is 416 g/mol. The number of aromatic nitrogens is 1. The minimum absolute atomic E-state index is 0.117. The number of Topliss-reactive ketones (excluding diaryl/α,β-unsaturated/α-hetero) is 1. The lowest BCUT2D eigenvalue weighted by atomic mass is 10.1. The molecule has 1 aliphatic heterocycles. The highest BCUT2D eigenvalue weighted by atomic mass is 35.5. The van der Waals surface area contributed by atoms with Crippen LogP contribution in [-0.4, -0.2) is 36.9 Å². The first-order chi connectivity index (χ1) is 12.2. The van der Waals surface area contributed by atoms with Gasteiger partial charge in [0, 0.05) is 34.1 Å². The van der Waals surface area contributed by atoms with Gasteiger partial charge in [-0.2, -0.15) is 0 Å². The number of hydrogen-bond donors (Lipinski definition) is 0. The summed E-state index contributed by atoms with van der Waals surface area (Å²) in [6, 6.07) is 6.47. The Balaban J connectivity index is 1.78. The van der Waals surface area contributed by atoms with E-state index in [2.05, 4.69) is 0 Å². The molecule has 0 saturated carbocycles. The lowest BCUT2D eigenvalue weighted by Crippen LogP contribution is -2.16. The molecule has 1 fully saturated rings. The summed E-state index contributed by atoms with van der Waals surface area (Å²) in [6.45, 7) is 3.54. The quantitative estimate of drug-likeness (QED) is 0.691. The van der Waals surface area contributed by atoms with Crippen molar-refractivity contribution in [3.8, 4) is 5.75 Å². The number of hydrogen-bond acceptors (Lipinski definition) is 4. The lowest BCUT2D eigenvalue weighted by Gasteiger charge is -2.16. The SMILES string of the molecule is Cc1cc(C(=O)COc2cc(Cl)ccc2Cl)c(C)n1[C@H]1CCS(=O)(=O)C1. The maximum absolute atomic E-state index is 12.6. The van der Waals surface area contributed by atoms with Gasteiger partial charge in [-0.3, -0.25) is 4.79 Å². The summed E-state index contributed by atoms with van der Waals surface area (Å²) in [7, 11) is -3.00. The molecular weight excluding hydrogens is 397 g/mol. The number of benzene rings is 1. The number of carbonyl (C=O) groups is 1. The van der Waals surface area contributed by atoms with Crippen LogP contribution in [0.15, 0.2) is 24.3 Å². The first-order valence-corrected chi connectivity index (χ1v) is 10.8. The molecule has 0 spiro atoms. The van der Waals surface area contributed by atoms with E-state index >= 15 is 0 Å². The van der Waals surface area contributed by atoms with E-state index in [1.807, 2.05) is 18.4 Å². The maximum atomic E-state index is 12.6. The van der Waals surface area contributed by atoms with E-state index < -0.39 is 9.84 Å². The van der Waals surface area contributed by atoms with Gasteiger partial charge < -0.3 is 9.30 Å². The van der Waals surface area contributed by atoms with Gasteiger partial charge in [-0.05, 0) is 38.5 Å². The molecule has 0 radical (unpaired) electrons.